The normalized spacial score (nSPS) is 25.9. The Balaban J connectivity index is 1.11. The number of fused-ring (bicyclic) bond motifs is 1. The van der Waals surface area contributed by atoms with Crippen molar-refractivity contribution in [2.24, 2.45) is 16.5 Å². The van der Waals surface area contributed by atoms with Crippen molar-refractivity contribution in [3.8, 4) is 0 Å². The predicted octanol–water partition coefficient (Wildman–Crippen LogP) is -1.05. The maximum Gasteiger partial charge on any atom is 0.472 e. The summed E-state index contributed by atoms with van der Waals surface area (Å²) in [6, 6.07) is 1.60. The van der Waals surface area contributed by atoms with E-state index in [0.29, 0.717) is 30.1 Å². The molecular formula is C25H38N11O9P. The number of phosphoric acid groups is 1. The van der Waals surface area contributed by atoms with E-state index in [4.69, 9.17) is 35.7 Å². The van der Waals surface area contributed by atoms with E-state index in [1.54, 1.807) is 10.6 Å². The first-order chi connectivity index (χ1) is 22.0. The molecule has 2 aliphatic rings. The van der Waals surface area contributed by atoms with Crippen LogP contribution in [-0.2, 0) is 23.1 Å². The quantitative estimate of drug-likeness (QED) is 0.0440. The van der Waals surface area contributed by atoms with Crippen LogP contribution < -0.4 is 28.2 Å². The molecule has 0 radical (unpaired) electrons. The van der Waals surface area contributed by atoms with Crippen molar-refractivity contribution in [2.45, 2.75) is 69.0 Å². The number of aliphatic hydroxyl groups is 2. The Morgan fingerprint density at radius 2 is 1.91 bits per heavy atom. The SMILES string of the molecule is NC(N)=NCCCCCNc1ccn(C2CC(OP(=O)(O)OCC3OC(n4cnc5c(N)ncnc54)CC3O)C(CO)O2)c(=O)n1. The van der Waals surface area contributed by atoms with Crippen LogP contribution in [0, 0.1) is 0 Å². The van der Waals surface area contributed by atoms with Crippen molar-refractivity contribution in [3.05, 3.63) is 35.4 Å². The molecule has 3 aromatic rings. The first-order valence-corrected chi connectivity index (χ1v) is 16.1. The molecule has 2 fully saturated rings. The fourth-order valence-electron chi connectivity index (χ4n) is 5.20. The summed E-state index contributed by atoms with van der Waals surface area (Å²) in [5, 5.41) is 23.5. The Labute approximate surface area is 262 Å². The number of imidazole rings is 1. The third kappa shape index (κ3) is 8.15. The zero-order valence-corrected chi connectivity index (χ0v) is 25.6. The molecule has 0 saturated carbocycles. The monoisotopic (exact) mass is 667 g/mol. The highest BCUT2D eigenvalue weighted by Crippen LogP contribution is 2.49. The smallest absolute Gasteiger partial charge is 0.394 e. The van der Waals surface area contributed by atoms with E-state index in [9.17, 15) is 24.5 Å². The lowest BCUT2D eigenvalue weighted by Crippen LogP contribution is -2.29. The number of aliphatic imine (C=N–C) groups is 1. The number of hydrogen-bond acceptors (Lipinski definition) is 15. The maximum absolute atomic E-state index is 12.9. The van der Waals surface area contributed by atoms with Gasteiger partial charge >= 0.3 is 13.5 Å². The summed E-state index contributed by atoms with van der Waals surface area (Å²) in [6.45, 7) is 0.0988. The fourth-order valence-corrected chi connectivity index (χ4v) is 6.16. The first-order valence-electron chi connectivity index (χ1n) is 14.6. The van der Waals surface area contributed by atoms with Crippen molar-refractivity contribution in [1.82, 2.24) is 29.1 Å². The van der Waals surface area contributed by atoms with Crippen LogP contribution in [0.15, 0.2) is 34.7 Å². The number of ether oxygens (including phenoxy) is 2. The van der Waals surface area contributed by atoms with E-state index < -0.39 is 63.6 Å². The van der Waals surface area contributed by atoms with Gasteiger partial charge in [-0.05, 0) is 25.3 Å². The molecule has 3 aromatic heterocycles. The van der Waals surface area contributed by atoms with Gasteiger partial charge in [0.25, 0.3) is 0 Å². The lowest BCUT2D eigenvalue weighted by atomic mass is 10.2. The van der Waals surface area contributed by atoms with Crippen LogP contribution in [0.3, 0.4) is 0 Å². The molecule has 2 saturated heterocycles. The number of aromatic nitrogens is 6. The molecule has 0 spiro atoms. The second-order valence-corrected chi connectivity index (χ2v) is 12.2. The summed E-state index contributed by atoms with van der Waals surface area (Å²) in [7, 11) is -4.73. The van der Waals surface area contributed by atoms with Gasteiger partial charge in [0.15, 0.2) is 17.4 Å². The highest BCUT2D eigenvalue weighted by molar-refractivity contribution is 7.47. The van der Waals surface area contributed by atoms with Crippen molar-refractivity contribution >= 4 is 36.6 Å². The van der Waals surface area contributed by atoms with Crippen molar-refractivity contribution < 1.29 is 38.2 Å². The molecule has 5 rings (SSSR count). The zero-order chi connectivity index (χ0) is 32.8. The van der Waals surface area contributed by atoms with Gasteiger partial charge in [0.1, 0.15) is 48.4 Å². The minimum atomic E-state index is -4.73. The molecule has 0 amide bonds. The number of nitrogen functional groups attached to an aromatic ring is 1. The van der Waals surface area contributed by atoms with Crippen molar-refractivity contribution in [2.75, 3.05) is 37.4 Å². The molecule has 0 bridgehead atoms. The van der Waals surface area contributed by atoms with Gasteiger partial charge in [-0.25, -0.2) is 24.3 Å². The number of aliphatic hydroxyl groups excluding tert-OH is 2. The molecule has 21 heteroatoms. The average molecular weight is 668 g/mol. The summed E-state index contributed by atoms with van der Waals surface area (Å²) >= 11 is 0. The molecule has 7 atom stereocenters. The highest BCUT2D eigenvalue weighted by atomic mass is 31.2. The average Bonchev–Trinajstić information content (AvgIpc) is 3.72. The number of nitrogens with two attached hydrogens (primary N) is 3. The first kappa shape index (κ1) is 33.6. The molecule has 5 heterocycles. The van der Waals surface area contributed by atoms with Gasteiger partial charge in [0.05, 0.1) is 25.6 Å². The van der Waals surface area contributed by atoms with Gasteiger partial charge in [0.2, 0.25) is 0 Å². The van der Waals surface area contributed by atoms with Gasteiger partial charge in [-0.3, -0.25) is 23.2 Å². The molecule has 20 nitrogen and oxygen atoms in total. The molecule has 7 unspecified atom stereocenters. The summed E-state index contributed by atoms with van der Waals surface area (Å²) in [5.41, 5.74) is 16.6. The van der Waals surface area contributed by atoms with Crippen LogP contribution in [0.2, 0.25) is 0 Å². The second-order valence-electron chi connectivity index (χ2n) is 10.8. The lowest BCUT2D eigenvalue weighted by Gasteiger charge is -2.21. The third-order valence-electron chi connectivity index (χ3n) is 7.51. The second kappa shape index (κ2) is 14.8. The summed E-state index contributed by atoms with van der Waals surface area (Å²) in [5.74, 6) is 0.625. The van der Waals surface area contributed by atoms with E-state index in [1.165, 1.54) is 23.4 Å². The molecule has 2 aliphatic heterocycles. The Morgan fingerprint density at radius 3 is 2.67 bits per heavy atom. The van der Waals surface area contributed by atoms with Crippen LogP contribution in [0.25, 0.3) is 11.2 Å². The van der Waals surface area contributed by atoms with Gasteiger partial charge in [-0.1, -0.05) is 0 Å². The summed E-state index contributed by atoms with van der Waals surface area (Å²) < 4.78 is 37.7. The number of guanidine groups is 1. The van der Waals surface area contributed by atoms with E-state index >= 15 is 0 Å². The number of rotatable bonds is 15. The number of nitrogens with one attached hydrogen (secondary N) is 1. The van der Waals surface area contributed by atoms with Gasteiger partial charge in [-0.15, -0.1) is 0 Å². The largest absolute Gasteiger partial charge is 0.472 e. The molecular weight excluding hydrogens is 629 g/mol. The lowest BCUT2D eigenvalue weighted by molar-refractivity contribution is -0.0564. The Morgan fingerprint density at radius 1 is 1.13 bits per heavy atom. The van der Waals surface area contributed by atoms with E-state index in [-0.39, 0.29) is 24.6 Å². The van der Waals surface area contributed by atoms with Gasteiger partial charge in [0, 0.05) is 32.1 Å². The van der Waals surface area contributed by atoms with Gasteiger partial charge < -0.3 is 47.1 Å². The third-order valence-corrected chi connectivity index (χ3v) is 8.52. The van der Waals surface area contributed by atoms with Crippen LogP contribution in [0.4, 0.5) is 11.6 Å². The Bertz CT molecular complexity index is 1620. The van der Waals surface area contributed by atoms with E-state index in [1.807, 2.05) is 0 Å². The number of phosphoric ester groups is 1. The van der Waals surface area contributed by atoms with Crippen LogP contribution >= 0.6 is 7.82 Å². The minimum absolute atomic E-state index is 0.0490. The zero-order valence-electron chi connectivity index (χ0n) is 24.7. The Kier molecular flexibility index (Phi) is 10.8. The van der Waals surface area contributed by atoms with Crippen molar-refractivity contribution in [1.29, 1.82) is 0 Å². The van der Waals surface area contributed by atoms with Crippen LogP contribution in [0.1, 0.15) is 44.6 Å². The Hall–Kier alpha value is -3.75. The number of hydrogen-bond donors (Lipinski definition) is 7. The molecule has 0 aromatic carbocycles. The highest BCUT2D eigenvalue weighted by Gasteiger charge is 2.43. The summed E-state index contributed by atoms with van der Waals surface area (Å²) in [6.07, 6.45) is 1.04. The van der Waals surface area contributed by atoms with Crippen molar-refractivity contribution in [3.63, 3.8) is 0 Å². The van der Waals surface area contributed by atoms with E-state index in [0.717, 1.165) is 19.3 Å². The topological polar surface area (TPSA) is 296 Å². The number of unbranched alkanes of at least 4 members (excludes halogenated alkanes) is 2. The fraction of sp³-hybridized carbons (Fsp3) is 0.600. The predicted molar refractivity (Wildman–Crippen MR) is 162 cm³/mol. The molecule has 252 valence electrons. The summed E-state index contributed by atoms with van der Waals surface area (Å²) in [4.78, 5) is 43.4. The maximum atomic E-state index is 12.9. The van der Waals surface area contributed by atoms with Crippen LogP contribution in [0.5, 0.6) is 0 Å². The molecule has 0 aliphatic carbocycles. The standard InChI is InChI=1S/C25H38N11O9P/c26-22-21-23(32-12-31-22)36(13-33-21)19-8-14(38)17(44-19)11-42-46(40,41)45-15-9-20(43-16(15)10-37)35-7-4-18(34-25(35)39)29-5-2-1-3-6-30-24(27)28/h4,7,12-17,19-20,37-38H,1-3,5-6,8-11H2,(H,40,41)(H2,26,31,32)(H4,27,28,30)(H,29,34,39). The number of anilines is 2. The van der Waals surface area contributed by atoms with E-state index in [2.05, 4.69) is 30.2 Å². The number of nitrogens with zero attached hydrogens (tertiary/aromatic N) is 7. The van der Waals surface area contributed by atoms with Crippen LogP contribution in [-0.4, -0.2) is 101 Å². The molecule has 46 heavy (non-hydrogen) atoms. The minimum Gasteiger partial charge on any atom is -0.394 e. The van der Waals surface area contributed by atoms with Gasteiger partial charge in [-0.2, -0.15) is 4.98 Å². The molecule has 10 N–H and O–H groups in total.